The monoisotopic (exact) mass is 255 g/mol. The van der Waals surface area contributed by atoms with E-state index in [1.54, 1.807) is 0 Å². The lowest BCUT2D eigenvalue weighted by Gasteiger charge is -2.09. The third-order valence-corrected chi connectivity index (χ3v) is 2.48. The third kappa shape index (κ3) is 2.15. The van der Waals surface area contributed by atoms with E-state index in [0.717, 1.165) is 0 Å². The van der Waals surface area contributed by atoms with Crippen LogP contribution in [0.3, 0.4) is 0 Å². The third-order valence-electron chi connectivity index (χ3n) is 2.23. The van der Waals surface area contributed by atoms with Gasteiger partial charge in [0.1, 0.15) is 6.10 Å². The summed E-state index contributed by atoms with van der Waals surface area (Å²) in [5, 5.41) is 9.66. The van der Waals surface area contributed by atoms with Gasteiger partial charge in [-0.05, 0) is 0 Å². The van der Waals surface area contributed by atoms with Crippen LogP contribution in [0, 0.1) is 0 Å². The molecule has 0 aliphatic rings. The van der Waals surface area contributed by atoms with E-state index in [1.165, 1.54) is 10.9 Å². The van der Waals surface area contributed by atoms with Gasteiger partial charge in [-0.15, -0.1) is 0 Å². The van der Waals surface area contributed by atoms with Crippen molar-refractivity contribution >= 4 is 28.7 Å². The molecule has 2 aromatic rings. The van der Waals surface area contributed by atoms with Gasteiger partial charge < -0.3 is 15.4 Å². The molecule has 0 saturated carbocycles. The number of halogens is 1. The molecule has 1 atom stereocenters. The number of H-pyrrole nitrogens is 1. The molecule has 17 heavy (non-hydrogen) atoms. The van der Waals surface area contributed by atoms with Crippen LogP contribution in [0.4, 0.5) is 5.95 Å². The zero-order valence-electron chi connectivity index (χ0n) is 8.72. The van der Waals surface area contributed by atoms with Crippen LogP contribution in [0.15, 0.2) is 22.7 Å². The number of nitrogen functional groups attached to an aromatic ring is 1. The topological polar surface area (TPSA) is 110 Å². The maximum absolute atomic E-state index is 11.7. The van der Waals surface area contributed by atoms with Gasteiger partial charge in [0.15, 0.2) is 11.2 Å². The fourth-order valence-electron chi connectivity index (χ4n) is 1.43. The fraction of sp³-hybridized carbons (Fsp3) is 0.222. The summed E-state index contributed by atoms with van der Waals surface area (Å²) in [4.78, 5) is 21.8. The first kappa shape index (κ1) is 11.6. The van der Waals surface area contributed by atoms with E-state index in [2.05, 4.69) is 21.5 Å². The van der Waals surface area contributed by atoms with E-state index in [0.29, 0.717) is 0 Å². The van der Waals surface area contributed by atoms with E-state index in [1.807, 2.05) is 0 Å². The molecule has 4 N–H and O–H groups in total. The number of aliphatic hydroxyl groups excluding tert-OH is 1. The molecule has 0 aromatic carbocycles. The molecule has 0 radical (unpaired) electrons. The highest BCUT2D eigenvalue weighted by atomic mass is 35.5. The number of hydrogen-bond acceptors (Lipinski definition) is 5. The van der Waals surface area contributed by atoms with Crippen LogP contribution >= 0.6 is 11.6 Å². The second-order valence-electron chi connectivity index (χ2n) is 3.48. The first-order valence-electron chi connectivity index (χ1n) is 4.72. The standard InChI is InChI=1S/C9H10ClN5O2/c1-4(10)5(16)2-15-3-12-7-6(15)8(17)14-9(11)13-7/h3,5,16H,1-2H2,(H3,11,13,14,17). The van der Waals surface area contributed by atoms with Crippen molar-refractivity contribution in [3.63, 3.8) is 0 Å². The molecule has 0 amide bonds. The Bertz CT molecular complexity index is 632. The van der Waals surface area contributed by atoms with Gasteiger partial charge in [-0.1, -0.05) is 18.2 Å². The first-order chi connectivity index (χ1) is 7.99. The molecule has 90 valence electrons. The van der Waals surface area contributed by atoms with Crippen molar-refractivity contribution in [2.45, 2.75) is 12.6 Å². The summed E-state index contributed by atoms with van der Waals surface area (Å²) >= 11 is 5.56. The van der Waals surface area contributed by atoms with E-state index >= 15 is 0 Å². The van der Waals surface area contributed by atoms with Crippen molar-refractivity contribution in [1.29, 1.82) is 0 Å². The summed E-state index contributed by atoms with van der Waals surface area (Å²) in [5.41, 5.74) is 5.42. The van der Waals surface area contributed by atoms with Gasteiger partial charge in [-0.3, -0.25) is 9.78 Å². The highest BCUT2D eigenvalue weighted by Gasteiger charge is 2.13. The minimum atomic E-state index is -0.967. The second-order valence-corrected chi connectivity index (χ2v) is 3.97. The maximum Gasteiger partial charge on any atom is 0.278 e. The van der Waals surface area contributed by atoms with Crippen molar-refractivity contribution < 1.29 is 5.11 Å². The summed E-state index contributed by atoms with van der Waals surface area (Å²) in [6.45, 7) is 3.49. The number of nitrogens with zero attached hydrogens (tertiary/aromatic N) is 3. The number of aliphatic hydroxyl groups is 1. The zero-order chi connectivity index (χ0) is 12.6. The van der Waals surface area contributed by atoms with Crippen LogP contribution in [-0.4, -0.2) is 30.7 Å². The van der Waals surface area contributed by atoms with Gasteiger partial charge in [0.05, 0.1) is 12.9 Å². The number of imidazole rings is 1. The van der Waals surface area contributed by atoms with E-state index in [9.17, 15) is 9.90 Å². The van der Waals surface area contributed by atoms with Crippen molar-refractivity contribution in [3.8, 4) is 0 Å². The number of aromatic amines is 1. The molecule has 7 nitrogen and oxygen atoms in total. The Labute approximate surface area is 101 Å². The predicted molar refractivity (Wildman–Crippen MR) is 63.6 cm³/mol. The Hall–Kier alpha value is -1.86. The Balaban J connectivity index is 2.50. The van der Waals surface area contributed by atoms with Crippen LogP contribution in [0.5, 0.6) is 0 Å². The smallest absolute Gasteiger partial charge is 0.278 e. The largest absolute Gasteiger partial charge is 0.386 e. The number of nitrogens with one attached hydrogen (secondary N) is 1. The highest BCUT2D eigenvalue weighted by Crippen LogP contribution is 2.11. The van der Waals surface area contributed by atoms with E-state index in [-0.39, 0.29) is 28.7 Å². The van der Waals surface area contributed by atoms with Crippen molar-refractivity contribution in [3.05, 3.63) is 28.3 Å². The van der Waals surface area contributed by atoms with Crippen molar-refractivity contribution in [1.82, 2.24) is 19.5 Å². The van der Waals surface area contributed by atoms with Gasteiger partial charge in [0.2, 0.25) is 5.95 Å². The van der Waals surface area contributed by atoms with Crippen LogP contribution in [-0.2, 0) is 6.54 Å². The Morgan fingerprint density at radius 3 is 3.12 bits per heavy atom. The molecule has 0 aliphatic heterocycles. The Kier molecular flexibility index (Phi) is 2.86. The SMILES string of the molecule is C=C(Cl)C(O)Cn1cnc2nc(N)[nH]c(=O)c21. The minimum Gasteiger partial charge on any atom is -0.386 e. The van der Waals surface area contributed by atoms with Gasteiger partial charge in [-0.2, -0.15) is 4.98 Å². The molecular formula is C9H10ClN5O2. The average molecular weight is 256 g/mol. The molecule has 2 rings (SSSR count). The predicted octanol–water partition coefficient (Wildman–Crippen LogP) is -0.185. The Morgan fingerprint density at radius 1 is 1.76 bits per heavy atom. The van der Waals surface area contributed by atoms with E-state index in [4.69, 9.17) is 17.3 Å². The van der Waals surface area contributed by atoms with Gasteiger partial charge in [-0.25, -0.2) is 4.98 Å². The fourth-order valence-corrected chi connectivity index (χ4v) is 1.50. The normalized spacial score (nSPS) is 12.8. The van der Waals surface area contributed by atoms with Gasteiger partial charge >= 0.3 is 0 Å². The molecular weight excluding hydrogens is 246 g/mol. The number of anilines is 1. The summed E-state index contributed by atoms with van der Waals surface area (Å²) in [5.74, 6) is -0.00458. The highest BCUT2D eigenvalue weighted by molar-refractivity contribution is 6.29. The Morgan fingerprint density at radius 2 is 2.47 bits per heavy atom. The molecule has 1 unspecified atom stereocenters. The lowest BCUT2D eigenvalue weighted by Crippen LogP contribution is -2.19. The summed E-state index contributed by atoms with van der Waals surface area (Å²) in [6, 6.07) is 0. The number of rotatable bonds is 3. The molecule has 0 fully saturated rings. The summed E-state index contributed by atoms with van der Waals surface area (Å²) in [7, 11) is 0. The van der Waals surface area contributed by atoms with Crippen LogP contribution in [0.1, 0.15) is 0 Å². The summed E-state index contributed by atoms with van der Waals surface area (Å²) in [6.07, 6.45) is 0.418. The van der Waals surface area contributed by atoms with Gasteiger partial charge in [0.25, 0.3) is 5.56 Å². The number of hydrogen-bond donors (Lipinski definition) is 3. The summed E-state index contributed by atoms with van der Waals surface area (Å²) < 4.78 is 1.44. The van der Waals surface area contributed by atoms with Crippen molar-refractivity contribution in [2.75, 3.05) is 5.73 Å². The quantitative estimate of drug-likeness (QED) is 0.704. The zero-order valence-corrected chi connectivity index (χ0v) is 9.48. The molecule has 0 saturated heterocycles. The lowest BCUT2D eigenvalue weighted by molar-refractivity contribution is 0.198. The van der Waals surface area contributed by atoms with E-state index < -0.39 is 11.7 Å². The molecule has 2 heterocycles. The minimum absolute atomic E-state index is 0.00458. The lowest BCUT2D eigenvalue weighted by atomic mass is 10.3. The number of nitrogens with two attached hydrogens (primary N) is 1. The van der Waals surface area contributed by atoms with Crippen LogP contribution < -0.4 is 11.3 Å². The molecule has 0 aliphatic carbocycles. The van der Waals surface area contributed by atoms with Crippen LogP contribution in [0.2, 0.25) is 0 Å². The van der Waals surface area contributed by atoms with Crippen LogP contribution in [0.25, 0.3) is 11.2 Å². The first-order valence-corrected chi connectivity index (χ1v) is 5.10. The second kappa shape index (κ2) is 4.19. The average Bonchev–Trinajstić information content (AvgIpc) is 2.60. The number of aromatic nitrogens is 4. The maximum atomic E-state index is 11.7. The molecule has 0 spiro atoms. The molecule has 2 aromatic heterocycles. The number of fused-ring (bicyclic) bond motifs is 1. The molecule has 0 bridgehead atoms. The van der Waals surface area contributed by atoms with Gasteiger partial charge in [0, 0.05) is 5.03 Å². The molecule has 8 heteroatoms. The van der Waals surface area contributed by atoms with Crippen molar-refractivity contribution in [2.24, 2.45) is 0 Å².